The van der Waals surface area contributed by atoms with E-state index in [9.17, 15) is 5.11 Å². The minimum absolute atomic E-state index is 0.0990. The first kappa shape index (κ1) is 14.9. The van der Waals surface area contributed by atoms with Crippen molar-refractivity contribution >= 4 is 0 Å². The van der Waals surface area contributed by atoms with E-state index in [1.165, 1.54) is 6.54 Å². The van der Waals surface area contributed by atoms with Crippen LogP contribution in [0.2, 0.25) is 0 Å². The summed E-state index contributed by atoms with van der Waals surface area (Å²) < 4.78 is 0. The van der Waals surface area contributed by atoms with Crippen LogP contribution in [0.1, 0.15) is 53.9 Å². The minimum Gasteiger partial charge on any atom is -0.393 e. The lowest BCUT2D eigenvalue weighted by atomic mass is 10.1. The summed E-state index contributed by atoms with van der Waals surface area (Å²) in [5.41, 5.74) is 0. The number of aliphatic hydroxyl groups excluding tert-OH is 1. The smallest absolute Gasteiger partial charge is 0.0538 e. The van der Waals surface area contributed by atoms with E-state index in [0.717, 1.165) is 31.7 Å². The van der Waals surface area contributed by atoms with Gasteiger partial charge >= 0.3 is 0 Å². The molecule has 0 radical (unpaired) electrons. The van der Waals surface area contributed by atoms with Gasteiger partial charge in [-0.2, -0.15) is 0 Å². The van der Waals surface area contributed by atoms with Crippen molar-refractivity contribution < 1.29 is 5.11 Å². The molecule has 0 heterocycles. The van der Waals surface area contributed by atoms with Gasteiger partial charge in [0.25, 0.3) is 0 Å². The first-order valence-corrected chi connectivity index (χ1v) is 6.39. The Labute approximate surface area is 95.7 Å². The molecule has 0 aromatic rings. The summed E-state index contributed by atoms with van der Waals surface area (Å²) in [6.07, 6.45) is 2.84. The third kappa shape index (κ3) is 7.80. The zero-order valence-electron chi connectivity index (χ0n) is 11.2. The highest BCUT2D eigenvalue weighted by molar-refractivity contribution is 4.65. The summed E-state index contributed by atoms with van der Waals surface area (Å²) >= 11 is 0. The van der Waals surface area contributed by atoms with Crippen molar-refractivity contribution in [1.29, 1.82) is 0 Å². The van der Waals surface area contributed by atoms with Crippen LogP contribution in [0.4, 0.5) is 0 Å². The minimum atomic E-state index is -0.0990. The van der Waals surface area contributed by atoms with Gasteiger partial charge in [-0.1, -0.05) is 20.8 Å². The maximum absolute atomic E-state index is 9.47. The largest absolute Gasteiger partial charge is 0.393 e. The van der Waals surface area contributed by atoms with Crippen LogP contribution < -0.4 is 0 Å². The molecule has 0 aliphatic rings. The highest BCUT2D eigenvalue weighted by Gasteiger charge is 2.11. The van der Waals surface area contributed by atoms with E-state index < -0.39 is 0 Å². The van der Waals surface area contributed by atoms with Gasteiger partial charge in [-0.05, 0) is 45.6 Å². The quantitative estimate of drug-likeness (QED) is 0.673. The molecule has 0 aromatic heterocycles. The van der Waals surface area contributed by atoms with Crippen molar-refractivity contribution in [3.63, 3.8) is 0 Å². The lowest BCUT2D eigenvalue weighted by molar-refractivity contribution is 0.139. The molecule has 1 unspecified atom stereocenters. The van der Waals surface area contributed by atoms with E-state index in [0.29, 0.717) is 6.04 Å². The Morgan fingerprint density at radius 2 is 1.73 bits per heavy atom. The highest BCUT2D eigenvalue weighted by atomic mass is 16.3. The average Bonchev–Trinajstić information content (AvgIpc) is 2.15. The second kappa shape index (κ2) is 8.12. The standard InChI is InChI=1S/C13H29NO/c1-6-13(15)8-7-9-14(12(4)5)10-11(2)3/h11-13,15H,6-10H2,1-5H3. The summed E-state index contributed by atoms with van der Waals surface area (Å²) in [7, 11) is 0. The van der Waals surface area contributed by atoms with Crippen molar-refractivity contribution in [3.05, 3.63) is 0 Å². The molecule has 1 atom stereocenters. The van der Waals surface area contributed by atoms with Crippen LogP contribution in [-0.4, -0.2) is 35.2 Å². The van der Waals surface area contributed by atoms with E-state index in [4.69, 9.17) is 0 Å². The van der Waals surface area contributed by atoms with Crippen molar-refractivity contribution in [2.45, 2.75) is 66.0 Å². The molecule has 2 heteroatoms. The molecule has 0 aliphatic carbocycles. The van der Waals surface area contributed by atoms with E-state index in [1.807, 2.05) is 6.92 Å². The third-order valence-corrected chi connectivity index (χ3v) is 2.78. The molecule has 0 rings (SSSR count). The fourth-order valence-electron chi connectivity index (χ4n) is 1.76. The lowest BCUT2D eigenvalue weighted by Crippen LogP contribution is -2.35. The second-order valence-electron chi connectivity index (χ2n) is 5.19. The zero-order chi connectivity index (χ0) is 11.8. The zero-order valence-corrected chi connectivity index (χ0v) is 11.2. The highest BCUT2D eigenvalue weighted by Crippen LogP contribution is 2.08. The first-order chi connectivity index (χ1) is 6.97. The second-order valence-corrected chi connectivity index (χ2v) is 5.19. The molecule has 0 saturated carbocycles. The van der Waals surface area contributed by atoms with Crippen molar-refractivity contribution in [2.75, 3.05) is 13.1 Å². The summed E-state index contributed by atoms with van der Waals surface area (Å²) in [4.78, 5) is 2.51. The van der Waals surface area contributed by atoms with E-state index >= 15 is 0 Å². The molecule has 0 aromatic carbocycles. The van der Waals surface area contributed by atoms with Gasteiger partial charge in [-0.15, -0.1) is 0 Å². The number of hydrogen-bond donors (Lipinski definition) is 1. The number of aliphatic hydroxyl groups is 1. The summed E-state index contributed by atoms with van der Waals surface area (Å²) in [6, 6.07) is 0.617. The predicted molar refractivity (Wildman–Crippen MR) is 67.1 cm³/mol. The Morgan fingerprint density at radius 1 is 1.13 bits per heavy atom. The summed E-state index contributed by atoms with van der Waals surface area (Å²) in [5, 5.41) is 9.47. The van der Waals surface area contributed by atoms with Crippen LogP contribution in [0.3, 0.4) is 0 Å². The Bertz CT molecular complexity index is 145. The van der Waals surface area contributed by atoms with Gasteiger partial charge in [0.05, 0.1) is 6.10 Å². The van der Waals surface area contributed by atoms with Gasteiger partial charge in [0.2, 0.25) is 0 Å². The Morgan fingerprint density at radius 3 is 2.13 bits per heavy atom. The van der Waals surface area contributed by atoms with Gasteiger partial charge in [-0.3, -0.25) is 0 Å². The van der Waals surface area contributed by atoms with Gasteiger partial charge in [0.1, 0.15) is 0 Å². The lowest BCUT2D eigenvalue weighted by Gasteiger charge is -2.28. The number of rotatable bonds is 8. The van der Waals surface area contributed by atoms with Crippen molar-refractivity contribution in [2.24, 2.45) is 5.92 Å². The Kier molecular flexibility index (Phi) is 8.07. The predicted octanol–water partition coefficient (Wildman–Crippen LogP) is 2.90. The van der Waals surface area contributed by atoms with Gasteiger partial charge in [0.15, 0.2) is 0 Å². The van der Waals surface area contributed by atoms with Gasteiger partial charge in [0, 0.05) is 12.6 Å². The molecule has 15 heavy (non-hydrogen) atoms. The van der Waals surface area contributed by atoms with Crippen LogP contribution in [0.25, 0.3) is 0 Å². The fraction of sp³-hybridized carbons (Fsp3) is 1.00. The molecule has 0 spiro atoms. The first-order valence-electron chi connectivity index (χ1n) is 6.39. The molecule has 0 aliphatic heterocycles. The monoisotopic (exact) mass is 215 g/mol. The number of nitrogens with zero attached hydrogens (tertiary/aromatic N) is 1. The molecule has 0 amide bonds. The SMILES string of the molecule is CCC(O)CCCN(CC(C)C)C(C)C. The number of hydrogen-bond acceptors (Lipinski definition) is 2. The maximum atomic E-state index is 9.47. The molecular formula is C13H29NO. The maximum Gasteiger partial charge on any atom is 0.0538 e. The van der Waals surface area contributed by atoms with Gasteiger partial charge in [-0.25, -0.2) is 0 Å². The average molecular weight is 215 g/mol. The Balaban J connectivity index is 3.76. The molecular weight excluding hydrogens is 186 g/mol. The van der Waals surface area contributed by atoms with Crippen LogP contribution in [0, 0.1) is 5.92 Å². The summed E-state index contributed by atoms with van der Waals surface area (Å²) in [5.74, 6) is 0.725. The van der Waals surface area contributed by atoms with E-state index in [-0.39, 0.29) is 6.10 Å². The molecule has 1 N–H and O–H groups in total. The molecule has 2 nitrogen and oxygen atoms in total. The molecule has 92 valence electrons. The normalized spacial score (nSPS) is 14.2. The Hall–Kier alpha value is -0.0800. The van der Waals surface area contributed by atoms with Crippen molar-refractivity contribution in [3.8, 4) is 0 Å². The molecule has 0 saturated heterocycles. The third-order valence-electron chi connectivity index (χ3n) is 2.78. The molecule has 0 bridgehead atoms. The summed E-state index contributed by atoms with van der Waals surface area (Å²) in [6.45, 7) is 13.3. The van der Waals surface area contributed by atoms with Crippen LogP contribution >= 0.6 is 0 Å². The van der Waals surface area contributed by atoms with E-state index in [1.54, 1.807) is 0 Å². The van der Waals surface area contributed by atoms with Crippen LogP contribution in [-0.2, 0) is 0 Å². The van der Waals surface area contributed by atoms with E-state index in [2.05, 4.69) is 32.6 Å². The fourth-order valence-corrected chi connectivity index (χ4v) is 1.76. The molecule has 0 fully saturated rings. The van der Waals surface area contributed by atoms with Gasteiger partial charge < -0.3 is 10.0 Å². The van der Waals surface area contributed by atoms with Crippen LogP contribution in [0.5, 0.6) is 0 Å². The van der Waals surface area contributed by atoms with Crippen LogP contribution in [0.15, 0.2) is 0 Å². The topological polar surface area (TPSA) is 23.5 Å². The van der Waals surface area contributed by atoms with Crippen molar-refractivity contribution in [1.82, 2.24) is 4.90 Å².